The highest BCUT2D eigenvalue weighted by Crippen LogP contribution is 2.36. The summed E-state index contributed by atoms with van der Waals surface area (Å²) in [5.74, 6) is -0.266. The third-order valence-electron chi connectivity index (χ3n) is 5.90. The number of thiazole rings is 1. The molecule has 1 amide bonds. The monoisotopic (exact) mass is 468 g/mol. The van der Waals surface area contributed by atoms with E-state index in [1.165, 1.54) is 15.5 Å². The predicted octanol–water partition coefficient (Wildman–Crippen LogP) is 3.73. The van der Waals surface area contributed by atoms with Gasteiger partial charge >= 0.3 is 0 Å². The number of aryl methyl sites for hydroxylation is 1. The molecule has 8 heteroatoms. The van der Waals surface area contributed by atoms with Gasteiger partial charge in [0, 0.05) is 16.7 Å². The lowest BCUT2D eigenvalue weighted by Gasteiger charge is -2.17. The second-order valence-corrected chi connectivity index (χ2v) is 9.08. The van der Waals surface area contributed by atoms with Crippen molar-refractivity contribution in [3.8, 4) is 11.4 Å². The van der Waals surface area contributed by atoms with E-state index in [1.807, 2.05) is 43.3 Å². The van der Waals surface area contributed by atoms with Crippen molar-refractivity contribution in [2.24, 2.45) is 0 Å². The molecule has 0 saturated heterocycles. The van der Waals surface area contributed by atoms with Gasteiger partial charge in [-0.1, -0.05) is 77.6 Å². The second-order valence-electron chi connectivity index (χ2n) is 8.11. The Kier molecular flexibility index (Phi) is 4.63. The zero-order valence-corrected chi connectivity index (χ0v) is 18.8. The standard InChI is InChI=1S/C26H17FN4O2S/c1-15-10-12-16(13-11-15)23-28-26-31(29-23)25(33)22(34-26)21-18-7-3-5-9-20(18)30(24(21)32)14-17-6-2-4-8-19(17)27/h2-13H,14H2,1H3. The summed E-state index contributed by atoms with van der Waals surface area (Å²) in [6.45, 7) is 2.06. The first-order valence-electron chi connectivity index (χ1n) is 10.7. The van der Waals surface area contributed by atoms with Gasteiger partial charge in [-0.15, -0.1) is 5.10 Å². The minimum absolute atomic E-state index is 0.0680. The van der Waals surface area contributed by atoms with E-state index in [0.717, 1.165) is 22.5 Å². The quantitative estimate of drug-likeness (QED) is 0.405. The van der Waals surface area contributed by atoms with Crippen LogP contribution >= 0.6 is 11.3 Å². The highest BCUT2D eigenvalue weighted by Gasteiger charge is 2.34. The summed E-state index contributed by atoms with van der Waals surface area (Å²) < 4.78 is 15.8. The number of aromatic nitrogens is 3. The minimum atomic E-state index is -0.392. The largest absolute Gasteiger partial charge is 0.303 e. The van der Waals surface area contributed by atoms with Crippen molar-refractivity contribution in [2.45, 2.75) is 13.5 Å². The molecule has 1 aliphatic heterocycles. The molecule has 0 spiro atoms. The normalized spacial score (nSPS) is 14.8. The van der Waals surface area contributed by atoms with Crippen LogP contribution < -0.4 is 15.0 Å². The summed E-state index contributed by atoms with van der Waals surface area (Å²) in [6, 6.07) is 21.3. The van der Waals surface area contributed by atoms with E-state index in [4.69, 9.17) is 0 Å². The Labute approximate surface area is 197 Å². The second kappa shape index (κ2) is 7.71. The smallest absolute Gasteiger partial charge is 0.291 e. The van der Waals surface area contributed by atoms with Crippen LogP contribution in [0.5, 0.6) is 0 Å². The van der Waals surface area contributed by atoms with E-state index in [-0.39, 0.29) is 22.8 Å². The number of benzene rings is 3. The van der Waals surface area contributed by atoms with Crippen molar-refractivity contribution < 1.29 is 9.18 Å². The van der Waals surface area contributed by atoms with Crippen LogP contribution in [0, 0.1) is 12.7 Å². The van der Waals surface area contributed by atoms with E-state index in [1.54, 1.807) is 30.3 Å². The molecule has 3 aromatic carbocycles. The van der Waals surface area contributed by atoms with Gasteiger partial charge in [-0.25, -0.2) is 4.39 Å². The van der Waals surface area contributed by atoms with Crippen molar-refractivity contribution in [3.05, 3.63) is 110 Å². The molecule has 0 atom stereocenters. The van der Waals surface area contributed by atoms with Crippen LogP contribution in [0.3, 0.4) is 0 Å². The molecule has 2 aromatic heterocycles. The lowest BCUT2D eigenvalue weighted by atomic mass is 10.1. The van der Waals surface area contributed by atoms with E-state index in [0.29, 0.717) is 33.2 Å². The molecule has 6 nitrogen and oxygen atoms in total. The molecule has 0 fully saturated rings. The van der Waals surface area contributed by atoms with E-state index < -0.39 is 5.56 Å². The minimum Gasteiger partial charge on any atom is -0.303 e. The Hall–Kier alpha value is -4.17. The molecule has 166 valence electrons. The summed E-state index contributed by atoms with van der Waals surface area (Å²) in [5, 5.41) is 4.40. The summed E-state index contributed by atoms with van der Waals surface area (Å²) in [4.78, 5) is 33.3. The molecule has 0 radical (unpaired) electrons. The number of carbonyl (C=O) groups is 1. The molecule has 6 rings (SSSR count). The molecule has 0 saturated carbocycles. The summed E-state index contributed by atoms with van der Waals surface area (Å²) >= 11 is 1.14. The van der Waals surface area contributed by atoms with Crippen LogP contribution in [-0.2, 0) is 11.3 Å². The fourth-order valence-corrected chi connectivity index (χ4v) is 5.16. The highest BCUT2D eigenvalue weighted by atomic mass is 32.1. The van der Waals surface area contributed by atoms with E-state index in [2.05, 4.69) is 10.1 Å². The maximum atomic E-state index is 14.3. The van der Waals surface area contributed by atoms with Crippen molar-refractivity contribution in [1.82, 2.24) is 14.6 Å². The maximum absolute atomic E-state index is 14.3. The molecule has 0 N–H and O–H groups in total. The topological polar surface area (TPSA) is 67.6 Å². The molecule has 34 heavy (non-hydrogen) atoms. The van der Waals surface area contributed by atoms with Gasteiger partial charge in [-0.3, -0.25) is 9.59 Å². The highest BCUT2D eigenvalue weighted by molar-refractivity contribution is 7.15. The van der Waals surface area contributed by atoms with Crippen molar-refractivity contribution in [2.75, 3.05) is 4.90 Å². The predicted molar refractivity (Wildman–Crippen MR) is 129 cm³/mol. The van der Waals surface area contributed by atoms with Crippen LogP contribution in [0.4, 0.5) is 10.1 Å². The molecular weight excluding hydrogens is 451 g/mol. The SMILES string of the molecule is Cc1ccc(-c2nc3sc(=C4C(=O)N(Cc5ccccc5F)c5ccccc54)c(=O)n3n2)cc1. The summed E-state index contributed by atoms with van der Waals surface area (Å²) in [5.41, 5.74) is 3.52. The number of rotatable bonds is 3. The number of anilines is 1. The average molecular weight is 469 g/mol. The Morgan fingerprint density at radius 3 is 2.44 bits per heavy atom. The Balaban J connectivity index is 1.50. The number of para-hydroxylation sites is 1. The zero-order chi connectivity index (χ0) is 23.4. The Bertz CT molecular complexity index is 1710. The van der Waals surface area contributed by atoms with Crippen molar-refractivity contribution in [3.63, 3.8) is 0 Å². The first kappa shape index (κ1) is 20.4. The van der Waals surface area contributed by atoms with Gasteiger partial charge in [0.2, 0.25) is 4.96 Å². The van der Waals surface area contributed by atoms with Gasteiger partial charge in [0.25, 0.3) is 11.5 Å². The van der Waals surface area contributed by atoms with Crippen LogP contribution in [0.25, 0.3) is 21.9 Å². The summed E-state index contributed by atoms with van der Waals surface area (Å²) in [6.07, 6.45) is 0. The number of hydrogen-bond acceptors (Lipinski definition) is 5. The molecule has 1 aliphatic rings. The van der Waals surface area contributed by atoms with E-state index in [9.17, 15) is 14.0 Å². The fraction of sp³-hybridized carbons (Fsp3) is 0.0769. The maximum Gasteiger partial charge on any atom is 0.291 e. The van der Waals surface area contributed by atoms with Crippen molar-refractivity contribution >= 4 is 33.5 Å². The molecule has 0 aliphatic carbocycles. The van der Waals surface area contributed by atoms with Gasteiger partial charge in [0.1, 0.15) is 10.3 Å². The van der Waals surface area contributed by atoms with Gasteiger partial charge in [-0.2, -0.15) is 9.50 Å². The first-order valence-corrected chi connectivity index (χ1v) is 11.5. The van der Waals surface area contributed by atoms with Gasteiger partial charge < -0.3 is 4.90 Å². The van der Waals surface area contributed by atoms with Gasteiger partial charge in [0.15, 0.2) is 5.82 Å². The average Bonchev–Trinajstić information content (AvgIpc) is 3.47. The third-order valence-corrected chi connectivity index (χ3v) is 6.93. The molecular formula is C26H17FN4O2S. The molecule has 0 bridgehead atoms. The lowest BCUT2D eigenvalue weighted by molar-refractivity contribution is -0.113. The lowest BCUT2D eigenvalue weighted by Crippen LogP contribution is -2.32. The molecule has 3 heterocycles. The van der Waals surface area contributed by atoms with Gasteiger partial charge in [0.05, 0.1) is 17.8 Å². The fourth-order valence-electron chi connectivity index (χ4n) is 4.16. The van der Waals surface area contributed by atoms with Crippen LogP contribution in [0.2, 0.25) is 0 Å². The molecule has 0 unspecified atom stereocenters. The Morgan fingerprint density at radius 2 is 1.68 bits per heavy atom. The van der Waals surface area contributed by atoms with Crippen LogP contribution in [-0.4, -0.2) is 20.5 Å². The Morgan fingerprint density at radius 1 is 0.941 bits per heavy atom. The number of carbonyl (C=O) groups excluding carboxylic acids is 1. The van der Waals surface area contributed by atoms with Crippen LogP contribution in [0.1, 0.15) is 16.7 Å². The van der Waals surface area contributed by atoms with Gasteiger partial charge in [-0.05, 0) is 19.1 Å². The number of amides is 1. The zero-order valence-electron chi connectivity index (χ0n) is 18.0. The van der Waals surface area contributed by atoms with Crippen LogP contribution in [0.15, 0.2) is 77.6 Å². The first-order chi connectivity index (χ1) is 16.5. The number of nitrogens with zero attached hydrogens (tertiary/aromatic N) is 4. The molecule has 5 aromatic rings. The summed E-state index contributed by atoms with van der Waals surface area (Å²) in [7, 11) is 0. The number of fused-ring (bicyclic) bond motifs is 2. The number of halogens is 1. The third kappa shape index (κ3) is 3.14. The van der Waals surface area contributed by atoms with Crippen molar-refractivity contribution in [1.29, 1.82) is 0 Å². The number of hydrogen-bond donors (Lipinski definition) is 0. The van der Waals surface area contributed by atoms with E-state index >= 15 is 0 Å².